The first-order valence-electron chi connectivity index (χ1n) is 6.23. The Bertz CT molecular complexity index is 457. The zero-order chi connectivity index (χ0) is 13.8. The minimum Gasteiger partial charge on any atom is -0.496 e. The second-order valence-corrected chi connectivity index (χ2v) is 4.26. The van der Waals surface area contributed by atoms with Gasteiger partial charge in [0.1, 0.15) is 11.5 Å². The molecule has 5 nitrogen and oxygen atoms in total. The van der Waals surface area contributed by atoms with Crippen LogP contribution < -0.4 is 9.47 Å². The number of carbonyl (C=O) groups is 1. The van der Waals surface area contributed by atoms with Gasteiger partial charge < -0.3 is 18.9 Å². The molecule has 0 fully saturated rings. The topological polar surface area (TPSA) is 54.0 Å². The molecule has 1 aromatic carbocycles. The van der Waals surface area contributed by atoms with Crippen LogP contribution in [0, 0.1) is 0 Å². The molecule has 0 saturated carbocycles. The first kappa shape index (κ1) is 13.7. The SMILES string of the molecule is CCC1OC(OC=O)Cc2c(OC)ccc(OC)c21. The quantitative estimate of drug-likeness (QED) is 0.765. The van der Waals surface area contributed by atoms with Gasteiger partial charge in [0.25, 0.3) is 6.47 Å². The molecule has 2 rings (SSSR count). The standard InChI is InChI=1S/C14H18O5/c1-4-10-14-9(7-13(19-10)18-8-15)11(16-2)5-6-12(14)17-3/h5-6,8,10,13H,4,7H2,1-3H3. The molecule has 0 radical (unpaired) electrons. The maximum Gasteiger partial charge on any atom is 0.295 e. The number of ether oxygens (including phenoxy) is 4. The molecule has 0 bridgehead atoms. The van der Waals surface area contributed by atoms with E-state index >= 15 is 0 Å². The van der Waals surface area contributed by atoms with Crippen LogP contribution in [0.1, 0.15) is 30.6 Å². The van der Waals surface area contributed by atoms with Crippen molar-refractivity contribution in [2.24, 2.45) is 0 Å². The molecule has 1 heterocycles. The van der Waals surface area contributed by atoms with Crippen LogP contribution >= 0.6 is 0 Å². The summed E-state index contributed by atoms with van der Waals surface area (Å²) in [4.78, 5) is 10.5. The Hall–Kier alpha value is -1.75. The van der Waals surface area contributed by atoms with E-state index < -0.39 is 6.29 Å². The number of benzene rings is 1. The molecule has 2 atom stereocenters. The monoisotopic (exact) mass is 266 g/mol. The highest BCUT2D eigenvalue weighted by Gasteiger charge is 2.32. The summed E-state index contributed by atoms with van der Waals surface area (Å²) in [5, 5.41) is 0. The molecular formula is C14H18O5. The fourth-order valence-corrected chi connectivity index (χ4v) is 2.46. The van der Waals surface area contributed by atoms with Crippen molar-refractivity contribution in [3.8, 4) is 11.5 Å². The van der Waals surface area contributed by atoms with E-state index in [4.69, 9.17) is 18.9 Å². The summed E-state index contributed by atoms with van der Waals surface area (Å²) in [6.45, 7) is 2.42. The van der Waals surface area contributed by atoms with E-state index in [1.165, 1.54) is 0 Å². The van der Waals surface area contributed by atoms with Crippen molar-refractivity contribution in [3.05, 3.63) is 23.3 Å². The molecule has 104 valence electrons. The van der Waals surface area contributed by atoms with Gasteiger partial charge in [-0.25, -0.2) is 0 Å². The van der Waals surface area contributed by atoms with Crippen LogP contribution in [0.2, 0.25) is 0 Å². The van der Waals surface area contributed by atoms with Crippen molar-refractivity contribution in [2.75, 3.05) is 14.2 Å². The fourth-order valence-electron chi connectivity index (χ4n) is 2.46. The normalized spacial score (nSPS) is 21.4. The number of hydrogen-bond acceptors (Lipinski definition) is 5. The second-order valence-electron chi connectivity index (χ2n) is 4.26. The van der Waals surface area contributed by atoms with Crippen LogP contribution in [-0.2, 0) is 20.7 Å². The molecule has 0 saturated heterocycles. The molecule has 5 heteroatoms. The van der Waals surface area contributed by atoms with Gasteiger partial charge in [0.05, 0.1) is 20.3 Å². The molecule has 1 aliphatic heterocycles. The molecule has 19 heavy (non-hydrogen) atoms. The molecule has 0 aromatic heterocycles. The van der Waals surface area contributed by atoms with Crippen molar-refractivity contribution < 1.29 is 23.7 Å². The average Bonchev–Trinajstić information content (AvgIpc) is 2.45. The summed E-state index contributed by atoms with van der Waals surface area (Å²) in [5.74, 6) is 1.53. The highest BCUT2D eigenvalue weighted by Crippen LogP contribution is 2.42. The zero-order valence-corrected chi connectivity index (χ0v) is 11.3. The van der Waals surface area contributed by atoms with Gasteiger partial charge in [-0.3, -0.25) is 4.79 Å². The van der Waals surface area contributed by atoms with E-state index in [1.807, 2.05) is 19.1 Å². The third-order valence-corrected chi connectivity index (χ3v) is 3.30. The molecule has 0 spiro atoms. The summed E-state index contributed by atoms with van der Waals surface area (Å²) in [7, 11) is 3.25. The van der Waals surface area contributed by atoms with Gasteiger partial charge in [-0.15, -0.1) is 0 Å². The zero-order valence-electron chi connectivity index (χ0n) is 11.3. The number of carbonyl (C=O) groups excluding carboxylic acids is 1. The summed E-state index contributed by atoms with van der Waals surface area (Å²) >= 11 is 0. The third-order valence-electron chi connectivity index (χ3n) is 3.30. The Morgan fingerprint density at radius 1 is 1.32 bits per heavy atom. The van der Waals surface area contributed by atoms with Crippen molar-refractivity contribution >= 4 is 6.47 Å². The Kier molecular flexibility index (Phi) is 4.27. The first-order chi connectivity index (χ1) is 9.24. The van der Waals surface area contributed by atoms with E-state index in [-0.39, 0.29) is 6.10 Å². The van der Waals surface area contributed by atoms with Gasteiger partial charge in [0, 0.05) is 17.5 Å². The summed E-state index contributed by atoms with van der Waals surface area (Å²) in [6, 6.07) is 3.72. The maximum absolute atomic E-state index is 10.5. The number of rotatable bonds is 5. The number of fused-ring (bicyclic) bond motifs is 1. The van der Waals surface area contributed by atoms with E-state index in [9.17, 15) is 4.79 Å². The Balaban J connectivity index is 2.48. The van der Waals surface area contributed by atoms with Crippen LogP contribution in [0.15, 0.2) is 12.1 Å². The lowest BCUT2D eigenvalue weighted by Crippen LogP contribution is -2.29. The van der Waals surface area contributed by atoms with Gasteiger partial charge in [-0.1, -0.05) is 6.92 Å². The molecule has 0 amide bonds. The lowest BCUT2D eigenvalue weighted by atomic mass is 9.93. The molecule has 1 aliphatic rings. The molecule has 0 aliphatic carbocycles. The predicted molar refractivity (Wildman–Crippen MR) is 68.3 cm³/mol. The van der Waals surface area contributed by atoms with Crippen LogP contribution in [-0.4, -0.2) is 27.0 Å². The Labute approximate surface area is 112 Å². The first-order valence-corrected chi connectivity index (χ1v) is 6.23. The van der Waals surface area contributed by atoms with Gasteiger partial charge in [-0.05, 0) is 18.6 Å². The van der Waals surface area contributed by atoms with Crippen molar-refractivity contribution in [1.29, 1.82) is 0 Å². The third kappa shape index (κ3) is 2.51. The maximum atomic E-state index is 10.5. The van der Waals surface area contributed by atoms with Crippen molar-refractivity contribution in [1.82, 2.24) is 0 Å². The highest BCUT2D eigenvalue weighted by atomic mass is 16.7. The van der Waals surface area contributed by atoms with Gasteiger partial charge >= 0.3 is 0 Å². The average molecular weight is 266 g/mol. The molecule has 1 aromatic rings. The lowest BCUT2D eigenvalue weighted by molar-refractivity contribution is -0.182. The van der Waals surface area contributed by atoms with Crippen LogP contribution in [0.25, 0.3) is 0 Å². The predicted octanol–water partition coefficient (Wildman–Crippen LogP) is 2.23. The van der Waals surface area contributed by atoms with E-state index in [1.54, 1.807) is 14.2 Å². The number of hydrogen-bond donors (Lipinski definition) is 0. The number of methoxy groups -OCH3 is 2. The van der Waals surface area contributed by atoms with Gasteiger partial charge in [0.2, 0.25) is 6.29 Å². The second kappa shape index (κ2) is 5.93. The van der Waals surface area contributed by atoms with Crippen molar-refractivity contribution in [3.63, 3.8) is 0 Å². The van der Waals surface area contributed by atoms with Crippen LogP contribution in [0.4, 0.5) is 0 Å². The molecule has 2 unspecified atom stereocenters. The fraction of sp³-hybridized carbons (Fsp3) is 0.500. The minimum absolute atomic E-state index is 0.168. The largest absolute Gasteiger partial charge is 0.496 e. The Morgan fingerprint density at radius 2 is 2.00 bits per heavy atom. The van der Waals surface area contributed by atoms with Crippen LogP contribution in [0.3, 0.4) is 0 Å². The summed E-state index contributed by atoms with van der Waals surface area (Å²) in [6.07, 6.45) is 0.481. The lowest BCUT2D eigenvalue weighted by Gasteiger charge is -2.32. The van der Waals surface area contributed by atoms with Crippen molar-refractivity contribution in [2.45, 2.75) is 32.2 Å². The van der Waals surface area contributed by atoms with E-state index in [0.717, 1.165) is 29.0 Å². The van der Waals surface area contributed by atoms with E-state index in [2.05, 4.69) is 0 Å². The molecular weight excluding hydrogens is 248 g/mol. The van der Waals surface area contributed by atoms with Gasteiger partial charge in [0.15, 0.2) is 0 Å². The smallest absolute Gasteiger partial charge is 0.295 e. The van der Waals surface area contributed by atoms with E-state index in [0.29, 0.717) is 12.9 Å². The highest BCUT2D eigenvalue weighted by molar-refractivity contribution is 5.51. The summed E-state index contributed by atoms with van der Waals surface area (Å²) in [5.41, 5.74) is 1.96. The summed E-state index contributed by atoms with van der Waals surface area (Å²) < 4.78 is 21.5. The van der Waals surface area contributed by atoms with Gasteiger partial charge in [-0.2, -0.15) is 0 Å². The van der Waals surface area contributed by atoms with Crippen LogP contribution in [0.5, 0.6) is 11.5 Å². The minimum atomic E-state index is -0.573. The Morgan fingerprint density at radius 3 is 2.58 bits per heavy atom. The molecule has 0 N–H and O–H groups in total.